The second kappa shape index (κ2) is 5.82. The predicted octanol–water partition coefficient (Wildman–Crippen LogP) is 2.95. The van der Waals surface area contributed by atoms with Gasteiger partial charge >= 0.3 is 0 Å². The van der Waals surface area contributed by atoms with Gasteiger partial charge in [0.2, 0.25) is 0 Å². The number of nitrogens with zero attached hydrogens (tertiary/aromatic N) is 1. The average molecular weight is 292 g/mol. The minimum absolute atomic E-state index is 0.197. The fourth-order valence-corrected chi connectivity index (χ4v) is 2.55. The third kappa shape index (κ3) is 2.61. The number of benzene rings is 1. The Hall–Kier alpha value is -2.93. The van der Waals surface area contributed by atoms with Crippen molar-refractivity contribution in [1.29, 1.82) is 0 Å². The molecule has 0 aliphatic rings. The number of hydrogen-bond donors (Lipinski definition) is 1. The minimum atomic E-state index is -0.197. The van der Waals surface area contributed by atoms with Gasteiger partial charge in [0, 0.05) is 18.7 Å². The molecule has 0 bridgehead atoms. The Bertz CT molecular complexity index is 865. The van der Waals surface area contributed by atoms with Gasteiger partial charge in [-0.1, -0.05) is 35.7 Å². The van der Waals surface area contributed by atoms with Crippen molar-refractivity contribution in [2.75, 3.05) is 6.54 Å². The summed E-state index contributed by atoms with van der Waals surface area (Å²) in [6.07, 6.45) is 6.82. The van der Waals surface area contributed by atoms with Crippen molar-refractivity contribution in [3.05, 3.63) is 59.5 Å². The van der Waals surface area contributed by atoms with Crippen molar-refractivity contribution in [2.24, 2.45) is 0 Å². The molecule has 1 N–H and O–H groups in total. The van der Waals surface area contributed by atoms with E-state index in [0.717, 1.165) is 11.1 Å². The molecule has 0 atom stereocenters. The van der Waals surface area contributed by atoms with Crippen LogP contribution in [0.1, 0.15) is 21.6 Å². The topological polar surface area (TPSA) is 47.2 Å². The number of fused-ring (bicyclic) bond motifs is 1. The van der Waals surface area contributed by atoms with Crippen molar-refractivity contribution in [1.82, 2.24) is 9.88 Å². The first-order valence-corrected chi connectivity index (χ1v) is 7.03. The monoisotopic (exact) mass is 292 g/mol. The molecule has 22 heavy (non-hydrogen) atoms. The summed E-state index contributed by atoms with van der Waals surface area (Å²) < 4.78 is 7.36. The van der Waals surface area contributed by atoms with Gasteiger partial charge < -0.3 is 14.3 Å². The third-order valence-corrected chi connectivity index (χ3v) is 3.53. The van der Waals surface area contributed by atoms with E-state index in [-0.39, 0.29) is 12.5 Å². The average Bonchev–Trinajstić information content (AvgIpc) is 3.07. The molecule has 0 unspecified atom stereocenters. The first kappa shape index (κ1) is 14.0. The van der Waals surface area contributed by atoms with Crippen LogP contribution in [0.5, 0.6) is 0 Å². The molecule has 3 rings (SSSR count). The van der Waals surface area contributed by atoms with Gasteiger partial charge in [-0.25, -0.2) is 0 Å². The van der Waals surface area contributed by atoms with Crippen LogP contribution in [0.25, 0.3) is 11.1 Å². The highest BCUT2D eigenvalue weighted by Crippen LogP contribution is 2.22. The number of terminal acetylenes is 1. The number of carbonyl (C=O) groups is 1. The Morgan fingerprint density at radius 1 is 1.36 bits per heavy atom. The minimum Gasteiger partial charge on any atom is -0.463 e. The van der Waals surface area contributed by atoms with Crippen LogP contribution in [0.2, 0.25) is 0 Å². The number of aromatic nitrogens is 1. The summed E-state index contributed by atoms with van der Waals surface area (Å²) in [5.41, 5.74) is 4.45. The molecular formula is C18H16N2O2. The fraction of sp³-hybridized carbons (Fsp3) is 0.167. The second-order valence-corrected chi connectivity index (χ2v) is 5.16. The molecule has 0 saturated carbocycles. The van der Waals surface area contributed by atoms with Crippen molar-refractivity contribution in [3.8, 4) is 12.3 Å². The van der Waals surface area contributed by atoms with E-state index in [1.165, 1.54) is 5.56 Å². The Labute approximate surface area is 128 Å². The van der Waals surface area contributed by atoms with E-state index >= 15 is 0 Å². The van der Waals surface area contributed by atoms with E-state index in [2.05, 4.69) is 17.3 Å². The van der Waals surface area contributed by atoms with E-state index in [1.807, 2.05) is 35.8 Å². The molecule has 0 spiro atoms. The van der Waals surface area contributed by atoms with Crippen LogP contribution >= 0.6 is 0 Å². The van der Waals surface area contributed by atoms with E-state index in [9.17, 15) is 4.79 Å². The summed E-state index contributed by atoms with van der Waals surface area (Å²) in [7, 11) is 0. The Morgan fingerprint density at radius 2 is 2.23 bits per heavy atom. The molecule has 110 valence electrons. The van der Waals surface area contributed by atoms with E-state index < -0.39 is 0 Å². The number of rotatable bonds is 4. The largest absolute Gasteiger partial charge is 0.463 e. The van der Waals surface area contributed by atoms with E-state index in [4.69, 9.17) is 10.8 Å². The van der Waals surface area contributed by atoms with Gasteiger partial charge in [0.15, 0.2) is 5.58 Å². The van der Waals surface area contributed by atoms with Crippen LogP contribution < -0.4 is 5.32 Å². The zero-order valence-corrected chi connectivity index (χ0v) is 12.3. The van der Waals surface area contributed by atoms with Crippen molar-refractivity contribution in [2.45, 2.75) is 13.5 Å². The maximum atomic E-state index is 12.3. The standard InChI is InChI=1S/C18H16N2O2/c1-3-8-19-18(21)16-11-17-15(7-9-22-17)20(16)12-14-6-4-5-13(2)10-14/h1,4-7,9-11H,8,12H2,2H3,(H,19,21). The molecular weight excluding hydrogens is 276 g/mol. The number of nitrogens with one attached hydrogen (secondary N) is 1. The maximum absolute atomic E-state index is 12.3. The van der Waals surface area contributed by atoms with Gasteiger partial charge in [-0.15, -0.1) is 6.42 Å². The lowest BCUT2D eigenvalue weighted by Crippen LogP contribution is -2.26. The number of amides is 1. The summed E-state index contributed by atoms with van der Waals surface area (Å²) in [6, 6.07) is 11.8. The van der Waals surface area contributed by atoms with Gasteiger partial charge in [0.1, 0.15) is 5.69 Å². The summed E-state index contributed by atoms with van der Waals surface area (Å²) in [4.78, 5) is 12.3. The van der Waals surface area contributed by atoms with Gasteiger partial charge in [-0.3, -0.25) is 4.79 Å². The highest BCUT2D eigenvalue weighted by molar-refractivity contribution is 5.97. The van der Waals surface area contributed by atoms with Crippen molar-refractivity contribution in [3.63, 3.8) is 0 Å². The number of aryl methyl sites for hydroxylation is 1. The van der Waals surface area contributed by atoms with Crippen LogP contribution in [0.15, 0.2) is 47.1 Å². The Morgan fingerprint density at radius 3 is 3.00 bits per heavy atom. The molecule has 1 amide bonds. The molecule has 2 aromatic heterocycles. The fourth-order valence-electron chi connectivity index (χ4n) is 2.55. The van der Waals surface area contributed by atoms with Crippen LogP contribution in [0, 0.1) is 19.3 Å². The maximum Gasteiger partial charge on any atom is 0.268 e. The smallest absolute Gasteiger partial charge is 0.268 e. The van der Waals surface area contributed by atoms with E-state index in [1.54, 1.807) is 12.3 Å². The summed E-state index contributed by atoms with van der Waals surface area (Å²) in [5.74, 6) is 2.21. The molecule has 0 aliphatic heterocycles. The van der Waals surface area contributed by atoms with Gasteiger partial charge in [-0.05, 0) is 12.5 Å². The summed E-state index contributed by atoms with van der Waals surface area (Å²) >= 11 is 0. The molecule has 4 nitrogen and oxygen atoms in total. The lowest BCUT2D eigenvalue weighted by atomic mass is 10.1. The molecule has 3 aromatic rings. The first-order valence-electron chi connectivity index (χ1n) is 7.03. The molecule has 0 fully saturated rings. The third-order valence-electron chi connectivity index (χ3n) is 3.53. The molecule has 4 heteroatoms. The van der Waals surface area contributed by atoms with Gasteiger partial charge in [-0.2, -0.15) is 0 Å². The quantitative estimate of drug-likeness (QED) is 0.752. The predicted molar refractivity (Wildman–Crippen MR) is 85.7 cm³/mol. The number of furan rings is 1. The zero-order valence-electron chi connectivity index (χ0n) is 12.3. The lowest BCUT2D eigenvalue weighted by Gasteiger charge is -2.10. The molecule has 0 aliphatic carbocycles. The normalized spacial score (nSPS) is 10.5. The van der Waals surface area contributed by atoms with Crippen molar-refractivity contribution < 1.29 is 9.21 Å². The van der Waals surface area contributed by atoms with Crippen LogP contribution in [-0.4, -0.2) is 17.0 Å². The Balaban J connectivity index is 2.01. The van der Waals surface area contributed by atoms with Crippen LogP contribution in [0.3, 0.4) is 0 Å². The zero-order chi connectivity index (χ0) is 15.5. The van der Waals surface area contributed by atoms with Crippen LogP contribution in [-0.2, 0) is 6.54 Å². The Kier molecular flexibility index (Phi) is 3.71. The lowest BCUT2D eigenvalue weighted by molar-refractivity contribution is 0.0950. The highest BCUT2D eigenvalue weighted by atomic mass is 16.3. The van der Waals surface area contributed by atoms with Gasteiger partial charge in [0.25, 0.3) is 5.91 Å². The number of hydrogen-bond acceptors (Lipinski definition) is 2. The van der Waals surface area contributed by atoms with E-state index in [0.29, 0.717) is 17.8 Å². The first-order chi connectivity index (χ1) is 10.7. The summed E-state index contributed by atoms with van der Waals surface area (Å²) in [6.45, 7) is 2.85. The molecule has 1 aromatic carbocycles. The second-order valence-electron chi connectivity index (χ2n) is 5.16. The van der Waals surface area contributed by atoms with Crippen molar-refractivity contribution >= 4 is 17.0 Å². The molecule has 2 heterocycles. The molecule has 0 radical (unpaired) electrons. The van der Waals surface area contributed by atoms with Crippen LogP contribution in [0.4, 0.5) is 0 Å². The SMILES string of the molecule is C#CCNC(=O)c1cc2occc2n1Cc1cccc(C)c1. The summed E-state index contributed by atoms with van der Waals surface area (Å²) in [5, 5.41) is 2.70. The molecule has 0 saturated heterocycles. The highest BCUT2D eigenvalue weighted by Gasteiger charge is 2.17. The van der Waals surface area contributed by atoms with Gasteiger partial charge in [0.05, 0.1) is 18.3 Å². The number of carbonyl (C=O) groups excluding carboxylic acids is 1.